The zero-order valence-corrected chi connectivity index (χ0v) is 15.7. The van der Waals surface area contributed by atoms with E-state index in [1.807, 2.05) is 0 Å². The zero-order chi connectivity index (χ0) is 20.3. The molecule has 1 fully saturated rings. The molecule has 0 spiro atoms. The molecule has 0 radical (unpaired) electrons. The van der Waals surface area contributed by atoms with Gasteiger partial charge in [-0.3, -0.25) is 9.59 Å². The fourth-order valence-electron chi connectivity index (χ4n) is 2.98. The van der Waals surface area contributed by atoms with Crippen LogP contribution in [0.2, 0.25) is 0 Å². The van der Waals surface area contributed by atoms with Gasteiger partial charge in [0.15, 0.2) is 0 Å². The average molecular weight is 380 g/mol. The van der Waals surface area contributed by atoms with Crippen molar-refractivity contribution in [2.75, 3.05) is 13.1 Å². The summed E-state index contributed by atoms with van der Waals surface area (Å²) in [5, 5.41) is 12.5. The lowest BCUT2D eigenvalue weighted by Gasteiger charge is -2.35. The summed E-state index contributed by atoms with van der Waals surface area (Å²) < 4.78 is 13.3. The fourth-order valence-corrected chi connectivity index (χ4v) is 2.98. The van der Waals surface area contributed by atoms with Crippen LogP contribution in [0.3, 0.4) is 0 Å². The molecule has 1 atom stereocenters. The van der Waals surface area contributed by atoms with Crippen LogP contribution in [0, 0.1) is 17.7 Å². The van der Waals surface area contributed by atoms with Gasteiger partial charge in [0.05, 0.1) is 0 Å². The molecule has 0 aliphatic carbocycles. The molecule has 2 aromatic carbocycles. The molecule has 3 rings (SSSR count). The third-order valence-electron chi connectivity index (χ3n) is 4.28. The van der Waals surface area contributed by atoms with Crippen LogP contribution >= 0.6 is 0 Å². The Morgan fingerprint density at radius 2 is 1.96 bits per heavy atom. The van der Waals surface area contributed by atoms with Crippen LogP contribution < -0.4 is 5.32 Å². The largest absolute Gasteiger partial charge is 0.378 e. The van der Waals surface area contributed by atoms with Gasteiger partial charge in [-0.1, -0.05) is 30.0 Å². The predicted octanol–water partition coefficient (Wildman–Crippen LogP) is 2.26. The number of amides is 2. The number of carbonyl (C=O) groups is 2. The van der Waals surface area contributed by atoms with Gasteiger partial charge >= 0.3 is 0 Å². The number of piperazine rings is 1. The van der Waals surface area contributed by atoms with Gasteiger partial charge in [-0.2, -0.15) is 0 Å². The third kappa shape index (κ3) is 4.56. The Hall–Kier alpha value is -3.17. The highest BCUT2D eigenvalue weighted by atomic mass is 19.1. The Morgan fingerprint density at radius 3 is 2.64 bits per heavy atom. The average Bonchev–Trinajstić information content (AvgIpc) is 2.66. The maximum Gasteiger partial charge on any atom is 0.254 e. The molecule has 144 valence electrons. The van der Waals surface area contributed by atoms with Gasteiger partial charge < -0.3 is 15.3 Å². The second kappa shape index (κ2) is 7.83. The smallest absolute Gasteiger partial charge is 0.254 e. The maximum atomic E-state index is 13.3. The summed E-state index contributed by atoms with van der Waals surface area (Å²) >= 11 is 0. The topological polar surface area (TPSA) is 69.6 Å². The lowest BCUT2D eigenvalue weighted by molar-refractivity contribution is -0.128. The lowest BCUT2D eigenvalue weighted by atomic mass is 10.0. The first-order valence-electron chi connectivity index (χ1n) is 8.94. The first-order chi connectivity index (χ1) is 13.2. The molecule has 0 aromatic heterocycles. The van der Waals surface area contributed by atoms with Gasteiger partial charge in [-0.15, -0.1) is 0 Å². The van der Waals surface area contributed by atoms with Gasteiger partial charge in [-0.25, -0.2) is 4.39 Å². The van der Waals surface area contributed by atoms with E-state index in [1.165, 1.54) is 29.2 Å². The van der Waals surface area contributed by atoms with Gasteiger partial charge in [0.1, 0.15) is 17.5 Å². The molecule has 0 saturated carbocycles. The highest BCUT2D eigenvalue weighted by molar-refractivity contribution is 5.98. The molecular weight excluding hydrogens is 359 g/mol. The van der Waals surface area contributed by atoms with Crippen molar-refractivity contribution in [3.63, 3.8) is 0 Å². The molecule has 2 amide bonds. The van der Waals surface area contributed by atoms with Gasteiger partial charge in [0.25, 0.3) is 5.91 Å². The zero-order valence-electron chi connectivity index (χ0n) is 15.7. The van der Waals surface area contributed by atoms with Crippen molar-refractivity contribution in [3.8, 4) is 11.8 Å². The summed E-state index contributed by atoms with van der Waals surface area (Å²) in [6.07, 6.45) is 0. The summed E-state index contributed by atoms with van der Waals surface area (Å²) in [7, 11) is 0. The highest BCUT2D eigenvalue weighted by Crippen LogP contribution is 2.25. The number of nitrogens with one attached hydrogen (secondary N) is 1. The lowest BCUT2D eigenvalue weighted by Crippen LogP contribution is -2.52. The van der Waals surface area contributed by atoms with Crippen molar-refractivity contribution >= 4 is 11.8 Å². The fraction of sp³-hybridized carbons (Fsp3) is 0.273. The quantitative estimate of drug-likeness (QED) is 0.786. The monoisotopic (exact) mass is 380 g/mol. The summed E-state index contributed by atoms with van der Waals surface area (Å²) in [5.41, 5.74) is 0.389. The molecule has 5 nitrogen and oxygen atoms in total. The van der Waals surface area contributed by atoms with Crippen LogP contribution in [0.15, 0.2) is 48.5 Å². The van der Waals surface area contributed by atoms with Gasteiger partial charge in [0.2, 0.25) is 5.91 Å². The standard InChI is InChI=1S/C22H21FN2O3/c1-22(2,28)11-10-15-4-3-5-17(14-15)21(27)25-13-12-24-20(26)19(25)16-6-8-18(23)9-7-16/h3-9,14,19,28H,12-13H2,1-2H3,(H,24,26)/t19-/m1/s1. The van der Waals surface area contributed by atoms with Crippen LogP contribution in [0.4, 0.5) is 4.39 Å². The molecule has 2 aromatic rings. The molecule has 6 heteroatoms. The number of hydrogen-bond acceptors (Lipinski definition) is 3. The molecule has 0 unspecified atom stereocenters. The molecule has 1 aliphatic rings. The van der Waals surface area contributed by atoms with Crippen molar-refractivity contribution in [2.45, 2.75) is 25.5 Å². The molecule has 28 heavy (non-hydrogen) atoms. The number of benzene rings is 2. The minimum absolute atomic E-state index is 0.302. The number of nitrogens with zero attached hydrogens (tertiary/aromatic N) is 1. The first-order valence-corrected chi connectivity index (χ1v) is 8.94. The second-order valence-corrected chi connectivity index (χ2v) is 7.13. The Labute approximate surface area is 163 Å². The highest BCUT2D eigenvalue weighted by Gasteiger charge is 2.34. The van der Waals surface area contributed by atoms with E-state index in [0.29, 0.717) is 29.8 Å². The van der Waals surface area contributed by atoms with E-state index in [0.717, 1.165) is 0 Å². The van der Waals surface area contributed by atoms with Gasteiger partial charge in [0, 0.05) is 24.2 Å². The summed E-state index contributed by atoms with van der Waals surface area (Å²) in [4.78, 5) is 27.1. The van der Waals surface area contributed by atoms with Crippen molar-refractivity contribution in [3.05, 3.63) is 71.0 Å². The Kier molecular flexibility index (Phi) is 5.48. The van der Waals surface area contributed by atoms with Crippen molar-refractivity contribution in [1.29, 1.82) is 0 Å². The van der Waals surface area contributed by atoms with E-state index in [2.05, 4.69) is 17.2 Å². The maximum absolute atomic E-state index is 13.3. The predicted molar refractivity (Wildman–Crippen MR) is 103 cm³/mol. The van der Waals surface area contributed by atoms with E-state index in [1.54, 1.807) is 38.1 Å². The molecule has 2 N–H and O–H groups in total. The minimum atomic E-state index is -1.14. The number of carbonyl (C=O) groups excluding carboxylic acids is 2. The molecule has 1 heterocycles. The van der Waals surface area contributed by atoms with E-state index < -0.39 is 17.5 Å². The van der Waals surface area contributed by atoms with E-state index >= 15 is 0 Å². The van der Waals surface area contributed by atoms with Crippen LogP contribution in [0.25, 0.3) is 0 Å². The first kappa shape index (κ1) is 19.6. The third-order valence-corrected chi connectivity index (χ3v) is 4.28. The van der Waals surface area contributed by atoms with Crippen LogP contribution in [0.5, 0.6) is 0 Å². The van der Waals surface area contributed by atoms with Crippen molar-refractivity contribution in [2.24, 2.45) is 0 Å². The summed E-state index contributed by atoms with van der Waals surface area (Å²) in [6.45, 7) is 3.84. The van der Waals surface area contributed by atoms with E-state index in [-0.39, 0.29) is 11.8 Å². The van der Waals surface area contributed by atoms with Crippen LogP contribution in [-0.4, -0.2) is 40.5 Å². The van der Waals surface area contributed by atoms with Crippen molar-refractivity contribution < 1.29 is 19.1 Å². The van der Waals surface area contributed by atoms with Crippen LogP contribution in [0.1, 0.15) is 41.4 Å². The molecule has 0 bridgehead atoms. The minimum Gasteiger partial charge on any atom is -0.378 e. The normalized spacial score (nSPS) is 16.8. The summed E-state index contributed by atoms with van der Waals surface area (Å²) in [6, 6.07) is 11.5. The number of aliphatic hydroxyl groups is 1. The Bertz CT molecular complexity index is 952. The number of halogens is 1. The number of rotatable bonds is 2. The second-order valence-electron chi connectivity index (χ2n) is 7.13. The van der Waals surface area contributed by atoms with Crippen molar-refractivity contribution in [1.82, 2.24) is 10.2 Å². The van der Waals surface area contributed by atoms with E-state index in [9.17, 15) is 19.1 Å². The Balaban J connectivity index is 1.92. The van der Waals surface area contributed by atoms with Crippen LogP contribution in [-0.2, 0) is 4.79 Å². The summed E-state index contributed by atoms with van der Waals surface area (Å²) in [5.74, 6) is 4.54. The number of hydrogen-bond donors (Lipinski definition) is 2. The molecular formula is C22H21FN2O3. The van der Waals surface area contributed by atoms with Gasteiger partial charge in [-0.05, 0) is 49.7 Å². The molecule has 1 saturated heterocycles. The molecule has 1 aliphatic heterocycles. The Morgan fingerprint density at radius 1 is 1.25 bits per heavy atom. The van der Waals surface area contributed by atoms with E-state index in [4.69, 9.17) is 0 Å². The SMILES string of the molecule is CC(C)(O)C#Cc1cccc(C(=O)N2CCNC(=O)[C@H]2c2ccc(F)cc2)c1.